The summed E-state index contributed by atoms with van der Waals surface area (Å²) in [6, 6.07) is 3.48. The third-order valence-corrected chi connectivity index (χ3v) is 2.42. The average Bonchev–Trinajstić information content (AvgIpc) is 2.28. The van der Waals surface area contributed by atoms with Crippen LogP contribution in [0.1, 0.15) is 20.7 Å². The molecule has 1 aromatic rings. The summed E-state index contributed by atoms with van der Waals surface area (Å²) >= 11 is 4.89. The van der Waals surface area contributed by atoms with Gasteiger partial charge in [0, 0.05) is 14.1 Å². The highest BCUT2D eigenvalue weighted by Crippen LogP contribution is 2.18. The molecule has 0 bridgehead atoms. The van der Waals surface area contributed by atoms with Crippen molar-refractivity contribution in [3.8, 4) is 5.75 Å². The quantitative estimate of drug-likeness (QED) is 0.800. The van der Waals surface area contributed by atoms with Crippen LogP contribution >= 0.6 is 12.2 Å². The molecule has 0 heterocycles. The number of ether oxygens (including phenoxy) is 1. The normalized spacial score (nSPS) is 9.67. The molecule has 0 unspecified atom stereocenters. The van der Waals surface area contributed by atoms with Gasteiger partial charge in [0.1, 0.15) is 5.75 Å². The number of benzene rings is 1. The summed E-state index contributed by atoms with van der Waals surface area (Å²) < 4.78 is 5.19. The molecule has 1 aromatic carbocycles. The van der Waals surface area contributed by atoms with Gasteiger partial charge in [-0.2, -0.15) is 0 Å². The minimum atomic E-state index is -1.24. The van der Waals surface area contributed by atoms with E-state index in [1.807, 2.05) is 0 Å². The molecule has 0 atom stereocenters. The number of hydrogen-bond acceptors (Lipinski definition) is 4. The minimum Gasteiger partial charge on any atom is -0.478 e. The molecule has 0 fully saturated rings. The van der Waals surface area contributed by atoms with Gasteiger partial charge in [-0.15, -0.1) is 0 Å². The first-order valence-electron chi connectivity index (χ1n) is 4.82. The molecule has 6 nitrogen and oxygen atoms in total. The third-order valence-electron chi connectivity index (χ3n) is 1.97. The van der Waals surface area contributed by atoms with Gasteiger partial charge in [-0.05, 0) is 30.4 Å². The molecule has 0 aliphatic carbocycles. The second-order valence-electron chi connectivity index (χ2n) is 3.62. The Morgan fingerprint density at radius 2 is 1.56 bits per heavy atom. The Kier molecular flexibility index (Phi) is 4.22. The Balaban J connectivity index is 3.15. The van der Waals surface area contributed by atoms with E-state index in [0.717, 1.165) is 6.07 Å². The summed E-state index contributed by atoms with van der Waals surface area (Å²) in [4.78, 5) is 23.2. The Morgan fingerprint density at radius 1 is 1.11 bits per heavy atom. The van der Waals surface area contributed by atoms with Crippen molar-refractivity contribution in [2.24, 2.45) is 0 Å². The lowest BCUT2D eigenvalue weighted by molar-refractivity contribution is 0.0696. The van der Waals surface area contributed by atoms with Crippen LogP contribution in [-0.2, 0) is 0 Å². The van der Waals surface area contributed by atoms with Gasteiger partial charge in [0.05, 0.1) is 11.1 Å². The Bertz CT molecular complexity index is 480. The standard InChI is InChI=1S/C11H11NO5S/c1-12(2)11(18)17-8-4-6(9(13)14)3-7(5-8)10(15)16/h3-5H,1-2H3,(H,13,14)(H,15,16). The monoisotopic (exact) mass is 269 g/mol. The Labute approximate surface area is 108 Å². The summed E-state index contributed by atoms with van der Waals surface area (Å²) in [6.07, 6.45) is 0. The van der Waals surface area contributed by atoms with Gasteiger partial charge in [-0.25, -0.2) is 9.59 Å². The lowest BCUT2D eigenvalue weighted by Crippen LogP contribution is -2.25. The van der Waals surface area contributed by atoms with Crippen LogP contribution in [0, 0.1) is 0 Å². The summed E-state index contributed by atoms with van der Waals surface area (Å²) in [6.45, 7) is 0. The van der Waals surface area contributed by atoms with Crippen LogP contribution in [0.5, 0.6) is 5.75 Å². The highest BCUT2D eigenvalue weighted by Gasteiger charge is 2.13. The van der Waals surface area contributed by atoms with Crippen LogP contribution in [-0.4, -0.2) is 46.3 Å². The fourth-order valence-corrected chi connectivity index (χ4v) is 1.19. The first kappa shape index (κ1) is 13.9. The fraction of sp³-hybridized carbons (Fsp3) is 0.182. The first-order chi connectivity index (χ1) is 8.31. The summed E-state index contributed by atoms with van der Waals surface area (Å²) in [5.41, 5.74) is -0.349. The lowest BCUT2D eigenvalue weighted by atomic mass is 10.1. The van der Waals surface area contributed by atoms with Gasteiger partial charge < -0.3 is 19.8 Å². The molecule has 0 saturated carbocycles. The maximum atomic E-state index is 10.9. The largest absolute Gasteiger partial charge is 0.478 e. The number of carboxylic acids is 2. The molecule has 18 heavy (non-hydrogen) atoms. The summed E-state index contributed by atoms with van der Waals surface area (Å²) in [5.74, 6) is -2.40. The highest BCUT2D eigenvalue weighted by atomic mass is 32.1. The topological polar surface area (TPSA) is 87.1 Å². The SMILES string of the molecule is CN(C)C(=S)Oc1cc(C(=O)O)cc(C(=O)O)c1. The van der Waals surface area contributed by atoms with Crippen LogP contribution in [0.2, 0.25) is 0 Å². The maximum Gasteiger partial charge on any atom is 0.335 e. The van der Waals surface area contributed by atoms with E-state index in [4.69, 9.17) is 27.2 Å². The van der Waals surface area contributed by atoms with E-state index >= 15 is 0 Å². The zero-order chi connectivity index (χ0) is 13.9. The predicted octanol–water partition coefficient (Wildman–Crippen LogP) is 1.31. The number of hydrogen-bond donors (Lipinski definition) is 2. The molecular formula is C11H11NO5S. The van der Waals surface area contributed by atoms with Crippen LogP contribution in [0.4, 0.5) is 0 Å². The van der Waals surface area contributed by atoms with Crippen LogP contribution in [0.15, 0.2) is 18.2 Å². The Morgan fingerprint density at radius 3 is 1.89 bits per heavy atom. The number of thiocarbonyl (C=S) groups is 1. The smallest absolute Gasteiger partial charge is 0.335 e. The van der Waals surface area contributed by atoms with E-state index < -0.39 is 11.9 Å². The molecule has 0 radical (unpaired) electrons. The molecule has 2 N–H and O–H groups in total. The lowest BCUT2D eigenvalue weighted by Gasteiger charge is -2.14. The van der Waals surface area contributed by atoms with E-state index in [2.05, 4.69) is 0 Å². The first-order valence-corrected chi connectivity index (χ1v) is 5.23. The minimum absolute atomic E-state index is 0.0750. The van der Waals surface area contributed by atoms with Gasteiger partial charge >= 0.3 is 11.9 Å². The van der Waals surface area contributed by atoms with E-state index in [1.165, 1.54) is 17.0 Å². The number of nitrogens with zero attached hydrogens (tertiary/aromatic N) is 1. The van der Waals surface area contributed by atoms with E-state index in [0.29, 0.717) is 0 Å². The number of carboxylic acid groups (broad SMARTS) is 2. The molecule has 96 valence electrons. The predicted molar refractivity (Wildman–Crippen MR) is 67.3 cm³/mol. The van der Waals surface area contributed by atoms with Gasteiger partial charge in [0.15, 0.2) is 0 Å². The van der Waals surface area contributed by atoms with E-state index in [-0.39, 0.29) is 22.1 Å². The van der Waals surface area contributed by atoms with Crippen molar-refractivity contribution in [2.75, 3.05) is 14.1 Å². The molecule has 1 rings (SSSR count). The number of carbonyl (C=O) groups is 2. The average molecular weight is 269 g/mol. The summed E-state index contributed by atoms with van der Waals surface area (Å²) in [5, 5.41) is 17.8. The van der Waals surface area contributed by atoms with Crippen molar-refractivity contribution >= 4 is 29.3 Å². The van der Waals surface area contributed by atoms with Crippen molar-refractivity contribution in [3.63, 3.8) is 0 Å². The molecule has 0 spiro atoms. The summed E-state index contributed by atoms with van der Waals surface area (Å²) in [7, 11) is 3.31. The van der Waals surface area contributed by atoms with Crippen LogP contribution < -0.4 is 4.74 Å². The van der Waals surface area contributed by atoms with Gasteiger partial charge in [0.25, 0.3) is 5.17 Å². The van der Waals surface area contributed by atoms with Crippen molar-refractivity contribution in [1.82, 2.24) is 4.90 Å². The zero-order valence-corrected chi connectivity index (χ0v) is 10.5. The zero-order valence-electron chi connectivity index (χ0n) is 9.71. The van der Waals surface area contributed by atoms with Crippen LogP contribution in [0.25, 0.3) is 0 Å². The number of rotatable bonds is 3. The van der Waals surface area contributed by atoms with Gasteiger partial charge in [-0.1, -0.05) is 0 Å². The molecule has 0 aliphatic rings. The molecule has 0 aliphatic heterocycles. The molecule has 7 heteroatoms. The Hall–Kier alpha value is -2.15. The molecule has 0 amide bonds. The second kappa shape index (κ2) is 5.46. The fourth-order valence-electron chi connectivity index (χ4n) is 1.10. The molecule has 0 aromatic heterocycles. The molecular weight excluding hydrogens is 258 g/mol. The van der Waals surface area contributed by atoms with Crippen molar-refractivity contribution in [2.45, 2.75) is 0 Å². The maximum absolute atomic E-state index is 10.9. The van der Waals surface area contributed by atoms with E-state index in [1.54, 1.807) is 14.1 Å². The van der Waals surface area contributed by atoms with Crippen LogP contribution in [0.3, 0.4) is 0 Å². The van der Waals surface area contributed by atoms with Crippen molar-refractivity contribution in [3.05, 3.63) is 29.3 Å². The van der Waals surface area contributed by atoms with Crippen molar-refractivity contribution in [1.29, 1.82) is 0 Å². The second-order valence-corrected chi connectivity index (χ2v) is 3.97. The van der Waals surface area contributed by atoms with Gasteiger partial charge in [0.2, 0.25) is 0 Å². The van der Waals surface area contributed by atoms with Crippen molar-refractivity contribution < 1.29 is 24.5 Å². The van der Waals surface area contributed by atoms with E-state index in [9.17, 15) is 9.59 Å². The molecule has 0 saturated heterocycles. The number of aromatic carboxylic acids is 2. The third kappa shape index (κ3) is 3.42. The highest BCUT2D eigenvalue weighted by molar-refractivity contribution is 7.80. The van der Waals surface area contributed by atoms with Gasteiger partial charge in [-0.3, -0.25) is 0 Å².